The first-order valence-electron chi connectivity index (χ1n) is 5.90. The molecular weight excluding hydrogens is 324 g/mol. The monoisotopic (exact) mass is 338 g/mol. The lowest BCUT2D eigenvalue weighted by molar-refractivity contribution is 0.103. The van der Waals surface area contributed by atoms with Crippen molar-refractivity contribution in [3.63, 3.8) is 0 Å². The second-order valence-electron chi connectivity index (χ2n) is 4.56. The average molecular weight is 339 g/mol. The molecular formula is C15H15BrO2S. The van der Waals surface area contributed by atoms with Crippen molar-refractivity contribution in [1.29, 1.82) is 0 Å². The van der Waals surface area contributed by atoms with Gasteiger partial charge in [-0.15, -0.1) is 11.3 Å². The maximum atomic E-state index is 12.6. The quantitative estimate of drug-likeness (QED) is 0.759. The number of carbonyl (C=O) groups excluding carboxylic acids is 1. The molecule has 2 aromatic rings. The van der Waals surface area contributed by atoms with Crippen molar-refractivity contribution in [3.05, 3.63) is 49.1 Å². The minimum atomic E-state index is 0.0214. The Morgan fingerprint density at radius 1 is 1.16 bits per heavy atom. The molecule has 0 unspecified atom stereocenters. The third-order valence-electron chi connectivity index (χ3n) is 2.97. The third-order valence-corrected chi connectivity index (χ3v) is 5.11. The van der Waals surface area contributed by atoms with Crippen LogP contribution in [0.4, 0.5) is 0 Å². The van der Waals surface area contributed by atoms with E-state index in [1.165, 1.54) is 11.3 Å². The predicted octanol–water partition coefficient (Wildman–Crippen LogP) is 4.68. The maximum absolute atomic E-state index is 12.6. The Morgan fingerprint density at radius 2 is 1.84 bits per heavy atom. The van der Waals surface area contributed by atoms with E-state index in [1.54, 1.807) is 7.11 Å². The molecule has 1 heterocycles. The largest absolute Gasteiger partial charge is 0.496 e. The highest BCUT2D eigenvalue weighted by Crippen LogP contribution is 2.32. The number of rotatable bonds is 3. The van der Waals surface area contributed by atoms with E-state index >= 15 is 0 Å². The Hall–Kier alpha value is -1.13. The Kier molecular flexibility index (Phi) is 4.11. The van der Waals surface area contributed by atoms with Crippen molar-refractivity contribution in [1.82, 2.24) is 0 Å². The molecule has 0 saturated heterocycles. The van der Waals surface area contributed by atoms with Gasteiger partial charge in [0, 0.05) is 0 Å². The van der Waals surface area contributed by atoms with Crippen LogP contribution in [0.5, 0.6) is 5.75 Å². The van der Waals surface area contributed by atoms with Crippen LogP contribution in [0.3, 0.4) is 0 Å². The van der Waals surface area contributed by atoms with Gasteiger partial charge in [0.05, 0.1) is 21.3 Å². The van der Waals surface area contributed by atoms with Gasteiger partial charge in [-0.1, -0.05) is 6.07 Å². The highest BCUT2D eigenvalue weighted by molar-refractivity contribution is 9.11. The summed E-state index contributed by atoms with van der Waals surface area (Å²) in [7, 11) is 1.60. The summed E-state index contributed by atoms with van der Waals surface area (Å²) in [5, 5.41) is 0. The number of benzene rings is 1. The lowest BCUT2D eigenvalue weighted by atomic mass is 9.99. The van der Waals surface area contributed by atoms with Crippen LogP contribution in [-0.4, -0.2) is 12.9 Å². The highest BCUT2D eigenvalue weighted by atomic mass is 79.9. The number of ether oxygens (including phenoxy) is 1. The summed E-state index contributed by atoms with van der Waals surface area (Å²) < 4.78 is 6.36. The lowest BCUT2D eigenvalue weighted by Crippen LogP contribution is -2.05. The molecule has 2 nitrogen and oxygen atoms in total. The van der Waals surface area contributed by atoms with E-state index in [4.69, 9.17) is 4.74 Å². The summed E-state index contributed by atoms with van der Waals surface area (Å²) in [5.74, 6) is 0.665. The van der Waals surface area contributed by atoms with Crippen LogP contribution in [0.15, 0.2) is 22.0 Å². The first-order chi connectivity index (χ1) is 8.93. The summed E-state index contributed by atoms with van der Waals surface area (Å²) in [6.45, 7) is 5.92. The molecule has 0 bridgehead atoms. The van der Waals surface area contributed by atoms with Crippen molar-refractivity contribution in [3.8, 4) is 5.75 Å². The first-order valence-corrected chi connectivity index (χ1v) is 7.51. The molecule has 0 aliphatic rings. The third kappa shape index (κ3) is 2.74. The van der Waals surface area contributed by atoms with Crippen molar-refractivity contribution in [2.75, 3.05) is 7.11 Å². The number of halogens is 1. The number of methoxy groups -OCH3 is 1. The number of carbonyl (C=O) groups is 1. The fourth-order valence-corrected chi connectivity index (χ4v) is 3.56. The zero-order valence-corrected chi connectivity index (χ0v) is 13.7. The van der Waals surface area contributed by atoms with Gasteiger partial charge in [-0.05, 0) is 65.5 Å². The van der Waals surface area contributed by atoms with E-state index in [0.717, 1.165) is 25.4 Å². The Morgan fingerprint density at radius 3 is 2.37 bits per heavy atom. The normalized spacial score (nSPS) is 10.6. The number of aryl methyl sites for hydroxylation is 3. The van der Waals surface area contributed by atoms with Gasteiger partial charge in [-0.25, -0.2) is 0 Å². The lowest BCUT2D eigenvalue weighted by Gasteiger charge is -2.11. The predicted molar refractivity (Wildman–Crippen MR) is 82.7 cm³/mol. The molecule has 0 radical (unpaired) electrons. The van der Waals surface area contributed by atoms with E-state index < -0.39 is 0 Å². The minimum absolute atomic E-state index is 0.0214. The number of ketones is 1. The molecule has 0 spiro atoms. The van der Waals surface area contributed by atoms with Crippen LogP contribution >= 0.6 is 27.3 Å². The smallest absolute Gasteiger partial charge is 0.206 e. The van der Waals surface area contributed by atoms with E-state index in [0.29, 0.717) is 11.3 Å². The molecule has 4 heteroatoms. The number of thiophene rings is 1. The second-order valence-corrected chi connectivity index (χ2v) is 6.93. The van der Waals surface area contributed by atoms with Crippen LogP contribution in [0.2, 0.25) is 0 Å². The Bertz CT molecular complexity index is 624. The van der Waals surface area contributed by atoms with Crippen LogP contribution in [0.25, 0.3) is 0 Å². The average Bonchev–Trinajstić information content (AvgIpc) is 2.68. The molecule has 19 heavy (non-hydrogen) atoms. The van der Waals surface area contributed by atoms with Gasteiger partial charge < -0.3 is 4.74 Å². The molecule has 2 rings (SSSR count). The van der Waals surface area contributed by atoms with Gasteiger partial charge in [0.2, 0.25) is 5.78 Å². The Balaban J connectivity index is 2.55. The molecule has 0 atom stereocenters. The standard InChI is InChI=1S/C15H15BrO2S/c1-8-5-9(2)13(11(6-8)18-4)14(17)12-7-10(3)15(16)19-12/h5-7H,1-4H3. The molecule has 100 valence electrons. The zero-order chi connectivity index (χ0) is 14.2. The zero-order valence-electron chi connectivity index (χ0n) is 11.3. The summed E-state index contributed by atoms with van der Waals surface area (Å²) in [4.78, 5) is 13.4. The molecule has 0 fully saturated rings. The molecule has 0 amide bonds. The van der Waals surface area contributed by atoms with Gasteiger partial charge in [0.25, 0.3) is 0 Å². The highest BCUT2D eigenvalue weighted by Gasteiger charge is 2.20. The van der Waals surface area contributed by atoms with Gasteiger partial charge in [-0.2, -0.15) is 0 Å². The summed E-state index contributed by atoms with van der Waals surface area (Å²) >= 11 is 4.92. The summed E-state index contributed by atoms with van der Waals surface area (Å²) in [6, 6.07) is 5.82. The van der Waals surface area contributed by atoms with Gasteiger partial charge in [0.15, 0.2) is 0 Å². The fraction of sp³-hybridized carbons (Fsp3) is 0.267. The second kappa shape index (κ2) is 5.47. The van der Waals surface area contributed by atoms with Crippen LogP contribution < -0.4 is 4.74 Å². The van der Waals surface area contributed by atoms with E-state index in [1.807, 2.05) is 39.0 Å². The molecule has 1 aromatic heterocycles. The number of hydrogen-bond acceptors (Lipinski definition) is 3. The van der Waals surface area contributed by atoms with Gasteiger partial charge >= 0.3 is 0 Å². The van der Waals surface area contributed by atoms with Crippen LogP contribution in [0.1, 0.15) is 31.9 Å². The Labute approximate surface area is 125 Å². The van der Waals surface area contributed by atoms with Gasteiger partial charge in [0.1, 0.15) is 5.75 Å². The van der Waals surface area contributed by atoms with E-state index in [2.05, 4.69) is 15.9 Å². The summed E-state index contributed by atoms with van der Waals surface area (Å²) in [5.41, 5.74) is 3.78. The van der Waals surface area contributed by atoms with Gasteiger partial charge in [-0.3, -0.25) is 4.79 Å². The molecule has 0 saturated carbocycles. The first kappa shape index (κ1) is 14.3. The fourth-order valence-electron chi connectivity index (χ4n) is 2.08. The molecule has 0 aliphatic heterocycles. The number of hydrogen-bond donors (Lipinski definition) is 0. The van der Waals surface area contributed by atoms with Crippen LogP contribution in [0, 0.1) is 20.8 Å². The topological polar surface area (TPSA) is 26.3 Å². The van der Waals surface area contributed by atoms with E-state index in [-0.39, 0.29) is 5.78 Å². The molecule has 1 aromatic carbocycles. The van der Waals surface area contributed by atoms with Crippen molar-refractivity contribution < 1.29 is 9.53 Å². The van der Waals surface area contributed by atoms with Crippen molar-refractivity contribution in [2.45, 2.75) is 20.8 Å². The van der Waals surface area contributed by atoms with Crippen molar-refractivity contribution in [2.24, 2.45) is 0 Å². The molecule has 0 N–H and O–H groups in total. The van der Waals surface area contributed by atoms with Crippen molar-refractivity contribution >= 4 is 33.0 Å². The van der Waals surface area contributed by atoms with E-state index in [9.17, 15) is 4.79 Å². The molecule has 0 aliphatic carbocycles. The summed E-state index contributed by atoms with van der Waals surface area (Å²) in [6.07, 6.45) is 0. The maximum Gasteiger partial charge on any atom is 0.206 e. The van der Waals surface area contributed by atoms with Crippen LogP contribution in [-0.2, 0) is 0 Å². The minimum Gasteiger partial charge on any atom is -0.496 e. The SMILES string of the molecule is COc1cc(C)cc(C)c1C(=O)c1cc(C)c(Br)s1.